The molecule has 1 saturated heterocycles. The van der Waals surface area contributed by atoms with Crippen molar-refractivity contribution in [2.45, 2.75) is 56.0 Å². The number of thioether (sulfide) groups is 1. The van der Waals surface area contributed by atoms with E-state index in [1.165, 1.54) is 12.8 Å². The molecule has 1 amide bonds. The van der Waals surface area contributed by atoms with Gasteiger partial charge in [-0.3, -0.25) is 10.1 Å². The van der Waals surface area contributed by atoms with Gasteiger partial charge in [0, 0.05) is 11.3 Å². The summed E-state index contributed by atoms with van der Waals surface area (Å²) in [6.07, 6.45) is 7.06. The molecule has 0 bridgehead atoms. The van der Waals surface area contributed by atoms with Crippen molar-refractivity contribution >= 4 is 17.7 Å². The van der Waals surface area contributed by atoms with Gasteiger partial charge in [-0.25, -0.2) is 0 Å². The van der Waals surface area contributed by atoms with Crippen LogP contribution in [0.4, 0.5) is 0 Å². The molecule has 4 heteroatoms. The van der Waals surface area contributed by atoms with Crippen LogP contribution in [0.15, 0.2) is 0 Å². The van der Waals surface area contributed by atoms with Crippen LogP contribution in [0, 0.1) is 5.92 Å². The molecule has 0 radical (unpaired) electrons. The van der Waals surface area contributed by atoms with Gasteiger partial charge in [-0.05, 0) is 37.9 Å². The third kappa shape index (κ3) is 1.80. The lowest BCUT2D eigenvalue weighted by Crippen LogP contribution is -2.45. The lowest BCUT2D eigenvalue weighted by atomic mass is 10.1. The Hall–Kier alpha value is -0.220. The van der Waals surface area contributed by atoms with E-state index in [1.807, 2.05) is 11.8 Å². The van der Waals surface area contributed by atoms with E-state index >= 15 is 0 Å². The average Bonchev–Trinajstić information content (AvgIpc) is 3.18. The highest BCUT2D eigenvalue weighted by molar-refractivity contribution is 8.00. The molecular weight excluding hydrogens is 232 g/mol. The standard InChI is InChI=1S/C13H22N2OS/c1-9(2)10-14-13(6-7-13)11(16)15(10)8-12(17-3)4-5-12/h9-10,14H,4-8H2,1-3H3. The summed E-state index contributed by atoms with van der Waals surface area (Å²) in [4.78, 5) is 14.6. The van der Waals surface area contributed by atoms with Crippen LogP contribution in [-0.4, -0.2) is 40.1 Å². The molecule has 2 saturated carbocycles. The van der Waals surface area contributed by atoms with E-state index in [0.717, 1.165) is 19.4 Å². The van der Waals surface area contributed by atoms with Crippen molar-refractivity contribution in [1.82, 2.24) is 10.2 Å². The van der Waals surface area contributed by atoms with E-state index in [1.54, 1.807) is 0 Å². The third-order valence-electron chi connectivity index (χ3n) is 4.51. The second-order valence-electron chi connectivity index (χ2n) is 6.24. The summed E-state index contributed by atoms with van der Waals surface area (Å²) in [5, 5.41) is 3.58. The number of amides is 1. The van der Waals surface area contributed by atoms with Gasteiger partial charge >= 0.3 is 0 Å². The van der Waals surface area contributed by atoms with Crippen molar-refractivity contribution in [1.29, 1.82) is 0 Å². The van der Waals surface area contributed by atoms with E-state index in [2.05, 4.69) is 30.3 Å². The van der Waals surface area contributed by atoms with Gasteiger partial charge < -0.3 is 4.90 Å². The zero-order chi connectivity index (χ0) is 12.3. The predicted octanol–water partition coefficient (Wildman–Crippen LogP) is 1.83. The number of carbonyl (C=O) groups is 1. The van der Waals surface area contributed by atoms with Gasteiger partial charge in [-0.1, -0.05) is 13.8 Å². The molecule has 17 heavy (non-hydrogen) atoms. The first-order valence-corrected chi connectivity index (χ1v) is 7.88. The van der Waals surface area contributed by atoms with E-state index < -0.39 is 0 Å². The average molecular weight is 254 g/mol. The van der Waals surface area contributed by atoms with Gasteiger partial charge in [0.1, 0.15) is 0 Å². The number of rotatable bonds is 4. The molecule has 2 aliphatic carbocycles. The lowest BCUT2D eigenvalue weighted by molar-refractivity contribution is -0.131. The highest BCUT2D eigenvalue weighted by Gasteiger charge is 2.61. The van der Waals surface area contributed by atoms with Gasteiger partial charge in [0.15, 0.2) is 0 Å². The molecule has 1 heterocycles. The number of hydrogen-bond donors (Lipinski definition) is 1. The maximum absolute atomic E-state index is 12.5. The quantitative estimate of drug-likeness (QED) is 0.830. The predicted molar refractivity (Wildman–Crippen MR) is 70.9 cm³/mol. The zero-order valence-electron chi connectivity index (χ0n) is 11.0. The summed E-state index contributed by atoms with van der Waals surface area (Å²) in [5.74, 6) is 0.869. The fraction of sp³-hybridized carbons (Fsp3) is 0.923. The minimum absolute atomic E-state index is 0.149. The normalized spacial score (nSPS) is 32.6. The summed E-state index contributed by atoms with van der Waals surface area (Å²) in [7, 11) is 0. The molecule has 1 unspecified atom stereocenters. The van der Waals surface area contributed by atoms with Crippen LogP contribution in [-0.2, 0) is 4.79 Å². The topological polar surface area (TPSA) is 32.3 Å². The van der Waals surface area contributed by atoms with Gasteiger partial charge in [0.2, 0.25) is 5.91 Å². The van der Waals surface area contributed by atoms with E-state index in [0.29, 0.717) is 16.6 Å². The monoisotopic (exact) mass is 254 g/mol. The Balaban J connectivity index is 1.78. The maximum Gasteiger partial charge on any atom is 0.244 e. The number of nitrogens with one attached hydrogen (secondary N) is 1. The lowest BCUT2D eigenvalue weighted by Gasteiger charge is -2.30. The second kappa shape index (κ2) is 3.64. The molecule has 96 valence electrons. The summed E-state index contributed by atoms with van der Waals surface area (Å²) in [6.45, 7) is 5.36. The molecule has 1 aliphatic heterocycles. The van der Waals surface area contributed by atoms with E-state index in [9.17, 15) is 4.79 Å². The van der Waals surface area contributed by atoms with Crippen molar-refractivity contribution in [2.24, 2.45) is 5.92 Å². The molecule has 3 aliphatic rings. The number of hydrogen-bond acceptors (Lipinski definition) is 3. The Labute approximate surface area is 108 Å². The van der Waals surface area contributed by atoms with Gasteiger partial charge in [0.25, 0.3) is 0 Å². The van der Waals surface area contributed by atoms with Crippen molar-refractivity contribution in [3.05, 3.63) is 0 Å². The molecule has 3 nitrogen and oxygen atoms in total. The molecular formula is C13H22N2OS. The van der Waals surface area contributed by atoms with Crippen molar-refractivity contribution in [3.63, 3.8) is 0 Å². The minimum atomic E-state index is -0.149. The number of nitrogens with zero attached hydrogens (tertiary/aromatic N) is 1. The fourth-order valence-corrected chi connectivity index (χ4v) is 3.66. The second-order valence-corrected chi connectivity index (χ2v) is 7.51. The molecule has 3 rings (SSSR count). The van der Waals surface area contributed by atoms with Crippen LogP contribution in [0.5, 0.6) is 0 Å². The molecule has 3 fully saturated rings. The SMILES string of the molecule is CSC1(CN2C(=O)C3(CC3)NC2C(C)C)CC1. The summed E-state index contributed by atoms with van der Waals surface area (Å²) in [6, 6.07) is 0. The van der Waals surface area contributed by atoms with Crippen molar-refractivity contribution in [2.75, 3.05) is 12.8 Å². The molecule has 1 atom stereocenters. The summed E-state index contributed by atoms with van der Waals surface area (Å²) < 4.78 is 0.380. The summed E-state index contributed by atoms with van der Waals surface area (Å²) in [5.41, 5.74) is -0.149. The summed E-state index contributed by atoms with van der Waals surface area (Å²) >= 11 is 1.94. The fourth-order valence-electron chi connectivity index (χ4n) is 2.88. The largest absolute Gasteiger partial charge is 0.324 e. The van der Waals surface area contributed by atoms with Crippen LogP contribution in [0.3, 0.4) is 0 Å². The van der Waals surface area contributed by atoms with Crippen LogP contribution in [0.2, 0.25) is 0 Å². The first-order chi connectivity index (χ1) is 8.02. The van der Waals surface area contributed by atoms with E-state index in [4.69, 9.17) is 0 Å². The smallest absolute Gasteiger partial charge is 0.244 e. The first-order valence-electron chi connectivity index (χ1n) is 6.66. The zero-order valence-corrected chi connectivity index (χ0v) is 11.8. The molecule has 0 aromatic carbocycles. The van der Waals surface area contributed by atoms with Crippen molar-refractivity contribution < 1.29 is 4.79 Å². The Kier molecular flexibility index (Phi) is 2.54. The highest BCUT2D eigenvalue weighted by Crippen LogP contribution is 2.50. The Bertz CT molecular complexity index is 347. The maximum atomic E-state index is 12.5. The Morgan fingerprint density at radius 3 is 2.47 bits per heavy atom. The van der Waals surface area contributed by atoms with Crippen LogP contribution < -0.4 is 5.32 Å². The van der Waals surface area contributed by atoms with Crippen molar-refractivity contribution in [3.8, 4) is 0 Å². The highest BCUT2D eigenvalue weighted by atomic mass is 32.2. The molecule has 1 spiro atoms. The number of carbonyl (C=O) groups excluding carboxylic acids is 1. The van der Waals surface area contributed by atoms with Crippen LogP contribution in [0.1, 0.15) is 39.5 Å². The minimum Gasteiger partial charge on any atom is -0.324 e. The van der Waals surface area contributed by atoms with E-state index in [-0.39, 0.29) is 11.7 Å². The molecule has 0 aromatic heterocycles. The van der Waals surface area contributed by atoms with Gasteiger partial charge in [-0.15, -0.1) is 0 Å². The van der Waals surface area contributed by atoms with Crippen LogP contribution in [0.25, 0.3) is 0 Å². The molecule has 0 aromatic rings. The Morgan fingerprint density at radius 1 is 1.41 bits per heavy atom. The van der Waals surface area contributed by atoms with Gasteiger partial charge in [0.05, 0.1) is 11.7 Å². The third-order valence-corrected chi connectivity index (χ3v) is 5.91. The Morgan fingerprint density at radius 2 is 2.06 bits per heavy atom. The van der Waals surface area contributed by atoms with Gasteiger partial charge in [-0.2, -0.15) is 11.8 Å². The molecule has 1 N–H and O–H groups in total. The first kappa shape index (κ1) is 11.8. The van der Waals surface area contributed by atoms with Crippen LogP contribution >= 0.6 is 11.8 Å².